The van der Waals surface area contributed by atoms with E-state index in [-0.39, 0.29) is 0 Å². The van der Waals surface area contributed by atoms with Crippen molar-refractivity contribution in [2.75, 3.05) is 0 Å². The molecule has 38 heavy (non-hydrogen) atoms. The molecule has 0 aliphatic heterocycles. The van der Waals surface area contributed by atoms with Crippen molar-refractivity contribution in [1.29, 1.82) is 0 Å². The summed E-state index contributed by atoms with van der Waals surface area (Å²) in [5, 5.41) is 2.49. The summed E-state index contributed by atoms with van der Waals surface area (Å²) in [6.07, 6.45) is 0. The highest BCUT2D eigenvalue weighted by molar-refractivity contribution is 6.15. The van der Waals surface area contributed by atoms with E-state index in [9.17, 15) is 0 Å². The van der Waals surface area contributed by atoms with Gasteiger partial charge in [0.05, 0.1) is 22.4 Å². The van der Waals surface area contributed by atoms with Crippen molar-refractivity contribution in [2.24, 2.45) is 0 Å². The molecule has 0 fully saturated rings. The third-order valence-electron chi connectivity index (χ3n) is 8.13. The summed E-state index contributed by atoms with van der Waals surface area (Å²) in [7, 11) is 0. The van der Waals surface area contributed by atoms with Gasteiger partial charge in [0.15, 0.2) is 0 Å². The molecule has 0 radical (unpaired) electrons. The lowest BCUT2D eigenvalue weighted by atomic mass is 9.88. The first-order valence-electron chi connectivity index (χ1n) is 13.4. The first-order chi connectivity index (χ1) is 18.3. The summed E-state index contributed by atoms with van der Waals surface area (Å²) in [6, 6.07) is 26.6. The van der Waals surface area contributed by atoms with Gasteiger partial charge in [-0.1, -0.05) is 83.9 Å². The molecule has 6 aromatic rings. The molecule has 1 aliphatic rings. The van der Waals surface area contributed by atoms with Gasteiger partial charge in [-0.05, 0) is 80.3 Å². The van der Waals surface area contributed by atoms with E-state index < -0.39 is 0 Å². The van der Waals surface area contributed by atoms with E-state index in [0.717, 1.165) is 33.5 Å². The van der Waals surface area contributed by atoms with Crippen LogP contribution in [0.3, 0.4) is 0 Å². The van der Waals surface area contributed by atoms with Crippen molar-refractivity contribution < 1.29 is 0 Å². The molecule has 0 saturated carbocycles. The van der Waals surface area contributed by atoms with Crippen LogP contribution in [-0.4, -0.2) is 9.97 Å². The van der Waals surface area contributed by atoms with Crippen LogP contribution >= 0.6 is 0 Å². The zero-order valence-corrected chi connectivity index (χ0v) is 22.8. The van der Waals surface area contributed by atoms with Crippen LogP contribution in [0.15, 0.2) is 72.8 Å². The molecule has 0 spiro atoms. The number of fused-ring (bicyclic) bond motifs is 4. The molecule has 184 valence electrons. The van der Waals surface area contributed by atoms with Crippen molar-refractivity contribution in [2.45, 2.75) is 41.5 Å². The Kier molecular flexibility index (Phi) is 4.87. The van der Waals surface area contributed by atoms with Crippen LogP contribution in [0.25, 0.3) is 66.6 Å². The largest absolute Gasteiger partial charge is 0.243 e. The maximum atomic E-state index is 5.48. The SMILES string of the molecule is Cc1cc(C)c(-c2ccc(-c3c(C)cc(C)cc3C)c3nc4c(nc23)-c2cccc3cccc-4c23)c(C)c1. The van der Waals surface area contributed by atoms with Gasteiger partial charge in [-0.2, -0.15) is 0 Å². The van der Waals surface area contributed by atoms with E-state index in [1.54, 1.807) is 0 Å². The van der Waals surface area contributed by atoms with Gasteiger partial charge in [-0.25, -0.2) is 9.97 Å². The molecule has 1 heterocycles. The molecular weight excluding hydrogens is 460 g/mol. The average molecular weight is 491 g/mol. The maximum absolute atomic E-state index is 5.48. The van der Waals surface area contributed by atoms with Crippen LogP contribution in [0.4, 0.5) is 0 Å². The Morgan fingerprint density at radius 3 is 1.24 bits per heavy atom. The predicted octanol–water partition coefficient (Wildman–Crippen LogP) is 9.61. The Morgan fingerprint density at radius 1 is 0.447 bits per heavy atom. The summed E-state index contributed by atoms with van der Waals surface area (Å²) < 4.78 is 0. The lowest BCUT2D eigenvalue weighted by molar-refractivity contribution is 1.28. The maximum Gasteiger partial charge on any atom is 0.0980 e. The Labute approximate surface area is 224 Å². The Morgan fingerprint density at radius 2 is 0.842 bits per heavy atom. The van der Waals surface area contributed by atoms with Crippen LogP contribution in [0.5, 0.6) is 0 Å². The van der Waals surface area contributed by atoms with Crippen LogP contribution in [-0.2, 0) is 0 Å². The highest BCUT2D eigenvalue weighted by atomic mass is 14.8. The molecule has 2 nitrogen and oxygen atoms in total. The van der Waals surface area contributed by atoms with E-state index in [4.69, 9.17) is 9.97 Å². The van der Waals surface area contributed by atoms with Gasteiger partial charge in [0.1, 0.15) is 0 Å². The van der Waals surface area contributed by atoms with E-state index >= 15 is 0 Å². The minimum Gasteiger partial charge on any atom is -0.243 e. The number of aromatic nitrogens is 2. The number of benzene rings is 5. The standard InChI is InChI=1S/C36H30N2/c1-19-15-21(3)30(22(4)16-19)28-13-14-29(31-23(5)17-20(2)18-24(31)6)36-35(28)37-33-26-11-7-9-25-10-8-12-27(32(25)26)34(33)38-36/h7-18H,1-6H3. The molecule has 0 bridgehead atoms. The Balaban J connectivity index is 1.64. The normalized spacial score (nSPS) is 11.9. The second-order valence-electron chi connectivity index (χ2n) is 11.0. The van der Waals surface area contributed by atoms with Gasteiger partial charge >= 0.3 is 0 Å². The lowest BCUT2D eigenvalue weighted by Crippen LogP contribution is -1.99. The van der Waals surface area contributed by atoms with Gasteiger partial charge in [-0.15, -0.1) is 0 Å². The molecule has 0 N–H and O–H groups in total. The number of hydrogen-bond acceptors (Lipinski definition) is 2. The van der Waals surface area contributed by atoms with E-state index in [1.165, 1.54) is 66.4 Å². The second kappa shape index (κ2) is 8.10. The molecular formula is C36H30N2. The van der Waals surface area contributed by atoms with Gasteiger partial charge in [0.25, 0.3) is 0 Å². The summed E-state index contributed by atoms with van der Waals surface area (Å²) in [5.41, 5.74) is 18.7. The average Bonchev–Trinajstić information content (AvgIpc) is 3.17. The van der Waals surface area contributed by atoms with E-state index in [1.807, 2.05) is 0 Å². The van der Waals surface area contributed by atoms with E-state index in [0.29, 0.717) is 0 Å². The molecule has 0 saturated heterocycles. The molecule has 1 aromatic heterocycles. The number of nitrogens with zero attached hydrogens (tertiary/aromatic N) is 2. The molecule has 2 heteroatoms. The quantitative estimate of drug-likeness (QED) is 0.241. The highest BCUT2D eigenvalue weighted by Crippen LogP contribution is 2.48. The highest BCUT2D eigenvalue weighted by Gasteiger charge is 2.27. The Bertz CT molecular complexity index is 1790. The zero-order chi connectivity index (χ0) is 26.3. The number of hydrogen-bond donors (Lipinski definition) is 0. The fourth-order valence-corrected chi connectivity index (χ4v) is 6.86. The monoisotopic (exact) mass is 490 g/mol. The molecule has 5 aromatic carbocycles. The predicted molar refractivity (Wildman–Crippen MR) is 161 cm³/mol. The zero-order valence-electron chi connectivity index (χ0n) is 22.8. The minimum absolute atomic E-state index is 0.973. The first-order valence-corrected chi connectivity index (χ1v) is 13.4. The fraction of sp³-hybridized carbons (Fsp3) is 0.167. The summed E-state index contributed by atoms with van der Waals surface area (Å²) in [5.74, 6) is 0. The summed E-state index contributed by atoms with van der Waals surface area (Å²) in [6.45, 7) is 13.2. The van der Waals surface area contributed by atoms with Crippen LogP contribution < -0.4 is 0 Å². The van der Waals surface area contributed by atoms with Crippen LogP contribution in [0.2, 0.25) is 0 Å². The van der Waals surface area contributed by atoms with Crippen molar-refractivity contribution in [3.8, 4) is 44.8 Å². The van der Waals surface area contributed by atoms with Crippen molar-refractivity contribution in [1.82, 2.24) is 9.97 Å². The topological polar surface area (TPSA) is 25.8 Å². The van der Waals surface area contributed by atoms with Crippen molar-refractivity contribution in [3.63, 3.8) is 0 Å². The van der Waals surface area contributed by atoms with Gasteiger partial charge in [0.2, 0.25) is 0 Å². The summed E-state index contributed by atoms with van der Waals surface area (Å²) >= 11 is 0. The number of aryl methyl sites for hydroxylation is 6. The van der Waals surface area contributed by atoms with Gasteiger partial charge in [0, 0.05) is 27.6 Å². The number of rotatable bonds is 2. The smallest absolute Gasteiger partial charge is 0.0980 e. The lowest BCUT2D eigenvalue weighted by Gasteiger charge is -2.18. The second-order valence-corrected chi connectivity index (χ2v) is 11.0. The third kappa shape index (κ3) is 3.20. The molecule has 0 amide bonds. The van der Waals surface area contributed by atoms with Gasteiger partial charge < -0.3 is 0 Å². The third-order valence-corrected chi connectivity index (χ3v) is 8.13. The van der Waals surface area contributed by atoms with Gasteiger partial charge in [-0.3, -0.25) is 0 Å². The first kappa shape index (κ1) is 22.9. The molecule has 1 aliphatic carbocycles. The van der Waals surface area contributed by atoms with E-state index in [2.05, 4.69) is 114 Å². The Hall–Kier alpha value is -4.30. The van der Waals surface area contributed by atoms with Crippen molar-refractivity contribution >= 4 is 21.8 Å². The molecule has 0 unspecified atom stereocenters. The van der Waals surface area contributed by atoms with Crippen molar-refractivity contribution in [3.05, 3.63) is 106 Å². The minimum atomic E-state index is 0.973. The van der Waals surface area contributed by atoms with Crippen LogP contribution in [0.1, 0.15) is 33.4 Å². The summed E-state index contributed by atoms with van der Waals surface area (Å²) in [4.78, 5) is 11.0. The molecule has 0 atom stereocenters. The van der Waals surface area contributed by atoms with Crippen LogP contribution in [0, 0.1) is 41.5 Å². The fourth-order valence-electron chi connectivity index (χ4n) is 6.86. The molecule has 7 rings (SSSR count).